The molecule has 0 aromatic carbocycles. The molecule has 0 fully saturated rings. The average Bonchev–Trinajstić information content (AvgIpc) is 2.36. The van der Waals surface area contributed by atoms with Crippen LogP contribution in [-0.2, 0) is 16.0 Å². The first-order valence-corrected chi connectivity index (χ1v) is 5.30. The molecule has 0 radical (unpaired) electrons. The van der Waals surface area contributed by atoms with Crippen LogP contribution in [0.3, 0.4) is 0 Å². The lowest BCUT2D eigenvalue weighted by atomic mass is 10.1. The minimum absolute atomic E-state index is 0.0295. The molecule has 96 valence electrons. The van der Waals surface area contributed by atoms with Crippen molar-refractivity contribution in [2.45, 2.75) is 12.5 Å². The molecule has 0 saturated carbocycles. The normalized spacial score (nSPS) is 11.3. The van der Waals surface area contributed by atoms with Gasteiger partial charge in [0.2, 0.25) is 0 Å². The third kappa shape index (κ3) is 4.65. The minimum Gasteiger partial charge on any atom is -0.480 e. The Morgan fingerprint density at radius 2 is 2.33 bits per heavy atom. The zero-order valence-corrected chi connectivity index (χ0v) is 9.70. The Morgan fingerprint density at radius 3 is 2.89 bits per heavy atom. The molecule has 0 unspecified atom stereocenters. The highest BCUT2D eigenvalue weighted by Gasteiger charge is 2.21. The summed E-state index contributed by atoms with van der Waals surface area (Å²) in [6.45, 7) is 3.41. The highest BCUT2D eigenvalue weighted by atomic mass is 16.5. The van der Waals surface area contributed by atoms with Gasteiger partial charge >= 0.3 is 12.1 Å². The van der Waals surface area contributed by atoms with Crippen molar-refractivity contribution in [1.82, 2.24) is 10.3 Å². The molecule has 0 bridgehead atoms. The number of ether oxygens (including phenoxy) is 1. The molecule has 0 saturated heterocycles. The fourth-order valence-electron chi connectivity index (χ4n) is 1.25. The van der Waals surface area contributed by atoms with Gasteiger partial charge in [-0.25, -0.2) is 9.59 Å². The van der Waals surface area contributed by atoms with Crippen LogP contribution >= 0.6 is 0 Å². The summed E-state index contributed by atoms with van der Waals surface area (Å²) in [5, 5.41) is 11.2. The number of pyridine rings is 1. The second-order valence-corrected chi connectivity index (χ2v) is 3.45. The molecule has 1 rings (SSSR count). The second-order valence-electron chi connectivity index (χ2n) is 3.45. The first-order valence-electron chi connectivity index (χ1n) is 5.30. The van der Waals surface area contributed by atoms with Gasteiger partial charge in [0.25, 0.3) is 0 Å². The minimum atomic E-state index is -1.14. The Morgan fingerprint density at radius 1 is 1.56 bits per heavy atom. The number of carbonyl (C=O) groups excluding carboxylic acids is 1. The molecule has 6 heteroatoms. The topological polar surface area (TPSA) is 88.5 Å². The summed E-state index contributed by atoms with van der Waals surface area (Å²) < 4.78 is 4.66. The van der Waals surface area contributed by atoms with Crippen LogP contribution in [0, 0.1) is 0 Å². The second kappa shape index (κ2) is 7.05. The number of hydrogen-bond acceptors (Lipinski definition) is 4. The molecule has 6 nitrogen and oxygen atoms in total. The Hall–Kier alpha value is -2.37. The van der Waals surface area contributed by atoms with Crippen molar-refractivity contribution in [3.8, 4) is 0 Å². The monoisotopic (exact) mass is 250 g/mol. The summed E-state index contributed by atoms with van der Waals surface area (Å²) >= 11 is 0. The number of hydrogen-bond donors (Lipinski definition) is 2. The quantitative estimate of drug-likeness (QED) is 0.735. The van der Waals surface area contributed by atoms with Crippen molar-refractivity contribution in [2.24, 2.45) is 0 Å². The van der Waals surface area contributed by atoms with E-state index in [-0.39, 0.29) is 13.0 Å². The van der Waals surface area contributed by atoms with Gasteiger partial charge in [-0.1, -0.05) is 18.7 Å². The molecule has 1 heterocycles. The van der Waals surface area contributed by atoms with E-state index >= 15 is 0 Å². The van der Waals surface area contributed by atoms with Crippen molar-refractivity contribution in [2.75, 3.05) is 6.61 Å². The van der Waals surface area contributed by atoms with Gasteiger partial charge in [0.05, 0.1) is 0 Å². The predicted octanol–water partition coefficient (Wildman–Crippen LogP) is 0.990. The van der Waals surface area contributed by atoms with Crippen LogP contribution < -0.4 is 5.32 Å². The smallest absolute Gasteiger partial charge is 0.408 e. The molecule has 1 aromatic heterocycles. The van der Waals surface area contributed by atoms with E-state index in [1.165, 1.54) is 6.08 Å². The predicted molar refractivity (Wildman–Crippen MR) is 64.0 cm³/mol. The molecule has 2 N–H and O–H groups in total. The standard InChI is InChI=1S/C12H14N2O4/c1-2-7-18-12(17)14-10(11(15)16)8-9-5-3-4-6-13-9/h2-6,10H,1,7-8H2,(H,14,17)(H,15,16)/t10-/m1/s1. The van der Waals surface area contributed by atoms with Crippen LogP contribution in [0.2, 0.25) is 0 Å². The fourth-order valence-corrected chi connectivity index (χ4v) is 1.25. The van der Waals surface area contributed by atoms with Crippen LogP contribution in [0.4, 0.5) is 4.79 Å². The van der Waals surface area contributed by atoms with Gasteiger partial charge in [0.15, 0.2) is 0 Å². The van der Waals surface area contributed by atoms with Crippen LogP contribution in [0.1, 0.15) is 5.69 Å². The summed E-state index contributed by atoms with van der Waals surface area (Å²) in [6, 6.07) is 4.09. The van der Waals surface area contributed by atoms with Crippen LogP contribution in [0.15, 0.2) is 37.1 Å². The van der Waals surface area contributed by atoms with Gasteiger partial charge in [-0.3, -0.25) is 4.98 Å². The van der Waals surface area contributed by atoms with Gasteiger partial charge in [-0.05, 0) is 12.1 Å². The molecule has 0 aliphatic rings. The van der Waals surface area contributed by atoms with Gasteiger partial charge in [0, 0.05) is 18.3 Å². The van der Waals surface area contributed by atoms with Crippen molar-refractivity contribution in [3.63, 3.8) is 0 Å². The Balaban J connectivity index is 2.58. The number of aromatic nitrogens is 1. The summed E-state index contributed by atoms with van der Waals surface area (Å²) in [5.74, 6) is -1.14. The third-order valence-corrected chi connectivity index (χ3v) is 2.06. The number of aliphatic carboxylic acids is 1. The van der Waals surface area contributed by atoms with Gasteiger partial charge in [0.1, 0.15) is 12.6 Å². The van der Waals surface area contributed by atoms with E-state index in [9.17, 15) is 9.59 Å². The number of nitrogens with one attached hydrogen (secondary N) is 1. The number of carboxylic acids is 1. The van der Waals surface area contributed by atoms with E-state index in [2.05, 4.69) is 21.6 Å². The van der Waals surface area contributed by atoms with E-state index in [1.54, 1.807) is 24.4 Å². The fraction of sp³-hybridized carbons (Fsp3) is 0.250. The summed E-state index contributed by atoms with van der Waals surface area (Å²) in [6.07, 6.45) is 2.26. The molecule has 0 aliphatic heterocycles. The van der Waals surface area contributed by atoms with Gasteiger partial charge in [-0.2, -0.15) is 0 Å². The highest BCUT2D eigenvalue weighted by molar-refractivity contribution is 5.80. The maximum absolute atomic E-state index is 11.2. The number of carbonyl (C=O) groups is 2. The molecule has 1 amide bonds. The Kier molecular flexibility index (Phi) is 5.37. The van der Waals surface area contributed by atoms with Crippen molar-refractivity contribution in [1.29, 1.82) is 0 Å². The summed E-state index contributed by atoms with van der Waals surface area (Å²) in [7, 11) is 0. The third-order valence-electron chi connectivity index (χ3n) is 2.06. The molecule has 18 heavy (non-hydrogen) atoms. The zero-order valence-electron chi connectivity index (χ0n) is 9.70. The van der Waals surface area contributed by atoms with E-state index in [4.69, 9.17) is 5.11 Å². The van der Waals surface area contributed by atoms with Crippen molar-refractivity contribution < 1.29 is 19.4 Å². The van der Waals surface area contributed by atoms with E-state index in [1.807, 2.05) is 0 Å². The first kappa shape index (κ1) is 13.7. The first-order chi connectivity index (χ1) is 8.63. The zero-order chi connectivity index (χ0) is 13.4. The van der Waals surface area contributed by atoms with Crippen LogP contribution in [0.25, 0.3) is 0 Å². The van der Waals surface area contributed by atoms with Gasteiger partial charge in [-0.15, -0.1) is 0 Å². The van der Waals surface area contributed by atoms with E-state index in [0.717, 1.165) is 0 Å². The molecule has 1 aromatic rings. The number of amides is 1. The number of carboxylic acid groups (broad SMARTS) is 1. The Bertz CT molecular complexity index is 419. The van der Waals surface area contributed by atoms with E-state index in [0.29, 0.717) is 5.69 Å². The maximum atomic E-state index is 11.2. The average molecular weight is 250 g/mol. The lowest BCUT2D eigenvalue weighted by Gasteiger charge is -2.13. The molecule has 0 aliphatic carbocycles. The van der Waals surface area contributed by atoms with Crippen LogP contribution in [0.5, 0.6) is 0 Å². The lowest BCUT2D eigenvalue weighted by molar-refractivity contribution is -0.139. The van der Waals surface area contributed by atoms with E-state index < -0.39 is 18.1 Å². The highest BCUT2D eigenvalue weighted by Crippen LogP contribution is 2.00. The van der Waals surface area contributed by atoms with Crippen LogP contribution in [-0.4, -0.2) is 34.8 Å². The number of nitrogens with zero attached hydrogens (tertiary/aromatic N) is 1. The SMILES string of the molecule is C=CCOC(=O)N[C@H](Cc1ccccn1)C(=O)O. The maximum Gasteiger partial charge on any atom is 0.408 e. The molecular weight excluding hydrogens is 236 g/mol. The number of rotatable bonds is 6. The molecule has 1 atom stereocenters. The van der Waals surface area contributed by atoms with Crippen molar-refractivity contribution in [3.05, 3.63) is 42.7 Å². The largest absolute Gasteiger partial charge is 0.480 e. The summed E-state index contributed by atoms with van der Waals surface area (Å²) in [4.78, 5) is 26.2. The summed E-state index contributed by atoms with van der Waals surface area (Å²) in [5.41, 5.74) is 0.578. The molecule has 0 spiro atoms. The van der Waals surface area contributed by atoms with Gasteiger partial charge < -0.3 is 15.2 Å². The Labute approximate surface area is 104 Å². The lowest BCUT2D eigenvalue weighted by Crippen LogP contribution is -2.42. The molecular formula is C12H14N2O4. The van der Waals surface area contributed by atoms with Crippen molar-refractivity contribution >= 4 is 12.1 Å². The number of alkyl carbamates (subject to hydrolysis) is 1.